The minimum Gasteiger partial charge on any atom is -0.493 e. The first-order chi connectivity index (χ1) is 13.0. The van der Waals surface area contributed by atoms with Crippen molar-refractivity contribution in [2.75, 3.05) is 27.3 Å². The van der Waals surface area contributed by atoms with E-state index in [0.717, 1.165) is 15.6 Å². The van der Waals surface area contributed by atoms with E-state index in [9.17, 15) is 9.90 Å². The fourth-order valence-corrected chi connectivity index (χ4v) is 4.21. The largest absolute Gasteiger partial charge is 0.493 e. The van der Waals surface area contributed by atoms with Crippen molar-refractivity contribution in [3.63, 3.8) is 0 Å². The lowest BCUT2D eigenvalue weighted by Gasteiger charge is -2.37. The van der Waals surface area contributed by atoms with Gasteiger partial charge in [-0.15, -0.1) is 0 Å². The molecule has 1 N–H and O–H groups in total. The minimum atomic E-state index is -0.701. The molecule has 0 radical (unpaired) electrons. The topological polar surface area (TPSA) is 59.0 Å². The van der Waals surface area contributed by atoms with Crippen molar-refractivity contribution in [3.8, 4) is 11.5 Å². The number of carboxylic acids is 1. The molecule has 1 fully saturated rings. The van der Waals surface area contributed by atoms with Gasteiger partial charge in [-0.05, 0) is 49.7 Å². The molecule has 6 heteroatoms. The summed E-state index contributed by atoms with van der Waals surface area (Å²) in [6.07, 6.45) is 1.29. The number of ether oxygens (including phenoxy) is 2. The van der Waals surface area contributed by atoms with Crippen LogP contribution in [0.2, 0.25) is 0 Å². The van der Waals surface area contributed by atoms with Crippen molar-refractivity contribution >= 4 is 21.9 Å². The highest BCUT2D eigenvalue weighted by molar-refractivity contribution is 9.10. The number of benzene rings is 2. The first-order valence-electron chi connectivity index (χ1n) is 8.98. The number of para-hydroxylation sites is 1. The third kappa shape index (κ3) is 4.28. The summed E-state index contributed by atoms with van der Waals surface area (Å²) < 4.78 is 12.2. The van der Waals surface area contributed by atoms with Crippen LogP contribution in [0, 0.1) is 5.92 Å². The molecule has 2 aromatic rings. The molecule has 1 aliphatic rings. The second-order valence-electron chi connectivity index (χ2n) is 6.69. The number of carbonyl (C=O) groups is 1. The van der Waals surface area contributed by atoms with E-state index in [1.807, 2.05) is 24.3 Å². The molecule has 0 bridgehead atoms. The summed E-state index contributed by atoms with van der Waals surface area (Å²) in [4.78, 5) is 13.7. The van der Waals surface area contributed by atoms with E-state index >= 15 is 0 Å². The van der Waals surface area contributed by atoms with Crippen LogP contribution in [-0.4, -0.2) is 43.3 Å². The Morgan fingerprint density at radius 2 is 1.85 bits per heavy atom. The molecule has 0 aromatic heterocycles. The maximum Gasteiger partial charge on any atom is 0.306 e. The van der Waals surface area contributed by atoms with Gasteiger partial charge < -0.3 is 14.6 Å². The number of carboxylic acid groups (broad SMARTS) is 1. The summed E-state index contributed by atoms with van der Waals surface area (Å²) in [7, 11) is 3.28. The molecule has 0 amide bonds. The van der Waals surface area contributed by atoms with Gasteiger partial charge in [0.05, 0.1) is 26.2 Å². The third-order valence-electron chi connectivity index (χ3n) is 5.14. The van der Waals surface area contributed by atoms with Crippen LogP contribution in [0.15, 0.2) is 46.9 Å². The summed E-state index contributed by atoms with van der Waals surface area (Å²) in [5, 5.41) is 9.32. The highest BCUT2D eigenvalue weighted by Crippen LogP contribution is 2.41. The molecular weight excluding hydrogens is 410 g/mol. The number of methoxy groups -OCH3 is 2. The fraction of sp³-hybridized carbons (Fsp3) is 0.381. The van der Waals surface area contributed by atoms with E-state index in [4.69, 9.17) is 9.47 Å². The number of piperidine rings is 1. The van der Waals surface area contributed by atoms with Gasteiger partial charge in [-0.2, -0.15) is 0 Å². The average Bonchev–Trinajstić information content (AvgIpc) is 2.68. The van der Waals surface area contributed by atoms with E-state index in [0.29, 0.717) is 37.4 Å². The molecular formula is C21H24BrNO4. The quantitative estimate of drug-likeness (QED) is 0.733. The lowest BCUT2D eigenvalue weighted by Crippen LogP contribution is -2.39. The minimum absolute atomic E-state index is 0.0395. The number of aliphatic carboxylic acids is 1. The van der Waals surface area contributed by atoms with Gasteiger partial charge in [0.25, 0.3) is 0 Å². The average molecular weight is 434 g/mol. The lowest BCUT2D eigenvalue weighted by molar-refractivity contribution is -0.143. The maximum atomic E-state index is 11.3. The Labute approximate surface area is 168 Å². The first kappa shape index (κ1) is 19.7. The standard InChI is InChI=1S/C21H24BrNO4/c1-26-18-8-4-7-17(20(18)27-2)19(15-5-3-6-16(22)13-15)23-11-9-14(10-12-23)21(24)25/h3-8,13-14,19H,9-12H2,1-2H3,(H,24,25). The highest BCUT2D eigenvalue weighted by atomic mass is 79.9. The summed E-state index contributed by atoms with van der Waals surface area (Å²) in [6, 6.07) is 14.1. The Morgan fingerprint density at radius 1 is 1.15 bits per heavy atom. The lowest BCUT2D eigenvalue weighted by atomic mass is 9.91. The van der Waals surface area contributed by atoms with Crippen LogP contribution in [0.1, 0.15) is 30.0 Å². The third-order valence-corrected chi connectivity index (χ3v) is 5.63. The van der Waals surface area contributed by atoms with Crippen LogP contribution in [0.4, 0.5) is 0 Å². The monoisotopic (exact) mass is 433 g/mol. The predicted octanol–water partition coefficient (Wildman–Crippen LogP) is 4.35. The molecule has 1 atom stereocenters. The Morgan fingerprint density at radius 3 is 2.44 bits per heavy atom. The molecule has 3 rings (SSSR count). The van der Waals surface area contributed by atoms with Crippen molar-refractivity contribution in [1.29, 1.82) is 0 Å². The van der Waals surface area contributed by atoms with E-state index in [2.05, 4.69) is 39.0 Å². The predicted molar refractivity (Wildman–Crippen MR) is 107 cm³/mol. The molecule has 2 aromatic carbocycles. The molecule has 1 saturated heterocycles. The van der Waals surface area contributed by atoms with Gasteiger partial charge >= 0.3 is 5.97 Å². The zero-order chi connectivity index (χ0) is 19.4. The molecule has 1 aliphatic heterocycles. The number of nitrogens with zero attached hydrogens (tertiary/aromatic N) is 1. The van der Waals surface area contributed by atoms with Crippen molar-refractivity contribution < 1.29 is 19.4 Å². The van der Waals surface area contributed by atoms with E-state index in [1.54, 1.807) is 14.2 Å². The van der Waals surface area contributed by atoms with Gasteiger partial charge in [0.15, 0.2) is 11.5 Å². The Kier molecular flexibility index (Phi) is 6.39. The number of halogens is 1. The van der Waals surface area contributed by atoms with Gasteiger partial charge in [0.2, 0.25) is 0 Å². The Balaban J connectivity index is 2.03. The summed E-state index contributed by atoms with van der Waals surface area (Å²) in [5.74, 6) is 0.435. The summed E-state index contributed by atoms with van der Waals surface area (Å²) in [6.45, 7) is 1.43. The van der Waals surface area contributed by atoms with Crippen LogP contribution in [0.25, 0.3) is 0 Å². The maximum absolute atomic E-state index is 11.3. The normalized spacial score (nSPS) is 16.7. The number of hydrogen-bond donors (Lipinski definition) is 1. The molecule has 27 heavy (non-hydrogen) atoms. The molecule has 1 heterocycles. The van der Waals surface area contributed by atoms with Gasteiger partial charge in [-0.3, -0.25) is 9.69 Å². The molecule has 144 valence electrons. The van der Waals surface area contributed by atoms with Crippen molar-refractivity contribution in [2.45, 2.75) is 18.9 Å². The molecule has 0 spiro atoms. The van der Waals surface area contributed by atoms with E-state index in [-0.39, 0.29) is 12.0 Å². The number of likely N-dealkylation sites (tertiary alicyclic amines) is 1. The second kappa shape index (κ2) is 8.76. The molecule has 1 unspecified atom stereocenters. The van der Waals surface area contributed by atoms with Crippen molar-refractivity contribution in [1.82, 2.24) is 4.90 Å². The SMILES string of the molecule is COc1cccc(C(c2cccc(Br)c2)N2CCC(C(=O)O)CC2)c1OC. The van der Waals surface area contributed by atoms with Crippen LogP contribution >= 0.6 is 15.9 Å². The van der Waals surface area contributed by atoms with E-state index < -0.39 is 5.97 Å². The van der Waals surface area contributed by atoms with Crippen molar-refractivity contribution in [2.24, 2.45) is 5.92 Å². The van der Waals surface area contributed by atoms with Gasteiger partial charge in [0, 0.05) is 10.0 Å². The van der Waals surface area contributed by atoms with Gasteiger partial charge in [0.1, 0.15) is 0 Å². The molecule has 5 nitrogen and oxygen atoms in total. The van der Waals surface area contributed by atoms with Crippen LogP contribution in [0.5, 0.6) is 11.5 Å². The van der Waals surface area contributed by atoms with Crippen LogP contribution < -0.4 is 9.47 Å². The zero-order valence-electron chi connectivity index (χ0n) is 15.5. The Hall–Kier alpha value is -2.05. The highest BCUT2D eigenvalue weighted by Gasteiger charge is 2.32. The summed E-state index contributed by atoms with van der Waals surface area (Å²) in [5.41, 5.74) is 2.15. The van der Waals surface area contributed by atoms with Crippen molar-refractivity contribution in [3.05, 3.63) is 58.1 Å². The van der Waals surface area contributed by atoms with Crippen LogP contribution in [0.3, 0.4) is 0 Å². The zero-order valence-corrected chi connectivity index (χ0v) is 17.1. The molecule has 0 aliphatic carbocycles. The van der Waals surface area contributed by atoms with E-state index in [1.165, 1.54) is 0 Å². The molecule has 0 saturated carbocycles. The number of rotatable bonds is 6. The summed E-state index contributed by atoms with van der Waals surface area (Å²) >= 11 is 3.57. The van der Waals surface area contributed by atoms with Gasteiger partial charge in [-0.25, -0.2) is 0 Å². The fourth-order valence-electron chi connectivity index (χ4n) is 3.80. The smallest absolute Gasteiger partial charge is 0.306 e. The van der Waals surface area contributed by atoms with Gasteiger partial charge in [-0.1, -0.05) is 40.2 Å². The number of hydrogen-bond acceptors (Lipinski definition) is 4. The second-order valence-corrected chi connectivity index (χ2v) is 7.60. The van der Waals surface area contributed by atoms with Crippen LogP contribution in [-0.2, 0) is 4.79 Å². The first-order valence-corrected chi connectivity index (χ1v) is 9.77. The Bertz CT molecular complexity index is 803.